The highest BCUT2D eigenvalue weighted by atomic mass is 32.2. The van der Waals surface area contributed by atoms with Gasteiger partial charge in [-0.05, 0) is 35.9 Å². The van der Waals surface area contributed by atoms with E-state index in [0.29, 0.717) is 32.0 Å². The lowest BCUT2D eigenvalue weighted by Crippen LogP contribution is -2.40. The molecule has 1 saturated heterocycles. The van der Waals surface area contributed by atoms with Gasteiger partial charge in [0.2, 0.25) is 15.9 Å². The zero-order valence-electron chi connectivity index (χ0n) is 17.4. The molecule has 1 aliphatic heterocycles. The Morgan fingerprint density at radius 1 is 0.906 bits per heavy atom. The van der Waals surface area contributed by atoms with Gasteiger partial charge in [-0.3, -0.25) is 4.79 Å². The van der Waals surface area contributed by atoms with E-state index in [1.54, 1.807) is 18.2 Å². The summed E-state index contributed by atoms with van der Waals surface area (Å²) in [6.45, 7) is 1.40. The monoisotopic (exact) mass is 468 g/mol. The molecule has 3 aromatic rings. The minimum absolute atomic E-state index is 0.157. The number of rotatable bonds is 7. The second kappa shape index (κ2) is 10.3. The number of hydrogen-bond acceptors (Lipinski definition) is 5. The molecule has 0 radical (unpaired) electrons. The van der Waals surface area contributed by atoms with Crippen LogP contribution in [0.15, 0.2) is 94.7 Å². The normalized spacial score (nSPS) is 15.8. The molecule has 8 heteroatoms. The van der Waals surface area contributed by atoms with Crippen molar-refractivity contribution in [3.05, 3.63) is 90.5 Å². The average Bonchev–Trinajstić information content (AvgIpc) is 2.84. The van der Waals surface area contributed by atoms with Crippen LogP contribution in [0, 0.1) is 0 Å². The summed E-state index contributed by atoms with van der Waals surface area (Å²) in [5.41, 5.74) is 1.31. The molecule has 6 nitrogen and oxygen atoms in total. The summed E-state index contributed by atoms with van der Waals surface area (Å²) < 4.78 is 32.6. The molecule has 1 aliphatic rings. The smallest absolute Gasteiger partial charge is 0.243 e. The number of nitrogens with zero attached hydrogens (tertiary/aromatic N) is 1. The van der Waals surface area contributed by atoms with Gasteiger partial charge in [0.25, 0.3) is 0 Å². The van der Waals surface area contributed by atoms with Crippen molar-refractivity contribution in [2.75, 3.05) is 31.6 Å². The summed E-state index contributed by atoms with van der Waals surface area (Å²) in [5.74, 6) is -0.217. The van der Waals surface area contributed by atoms with E-state index in [0.717, 1.165) is 10.5 Å². The summed E-state index contributed by atoms with van der Waals surface area (Å²) in [6, 6.07) is 25.7. The van der Waals surface area contributed by atoms with Crippen LogP contribution >= 0.6 is 11.8 Å². The number of hydrogen-bond donors (Lipinski definition) is 1. The molecule has 1 heterocycles. The number of anilines is 1. The number of ether oxygens (including phenoxy) is 1. The van der Waals surface area contributed by atoms with E-state index in [1.165, 1.54) is 22.1 Å². The average molecular weight is 469 g/mol. The molecule has 0 spiro atoms. The summed E-state index contributed by atoms with van der Waals surface area (Å²) >= 11 is 1.45. The number of benzene rings is 3. The minimum Gasteiger partial charge on any atom is -0.379 e. The number of thioether (sulfide) groups is 1. The lowest BCUT2D eigenvalue weighted by molar-refractivity contribution is -0.115. The topological polar surface area (TPSA) is 75.7 Å². The molecule has 1 amide bonds. The molecule has 0 bridgehead atoms. The molecule has 1 N–H and O–H groups in total. The van der Waals surface area contributed by atoms with Crippen molar-refractivity contribution in [2.24, 2.45) is 0 Å². The van der Waals surface area contributed by atoms with Crippen LogP contribution in [0.1, 0.15) is 10.8 Å². The highest BCUT2D eigenvalue weighted by Crippen LogP contribution is 2.36. The van der Waals surface area contributed by atoms with E-state index in [4.69, 9.17) is 4.74 Å². The molecule has 1 atom stereocenters. The maximum atomic E-state index is 13.3. The highest BCUT2D eigenvalue weighted by Gasteiger charge is 2.27. The molecule has 3 aromatic carbocycles. The predicted molar refractivity (Wildman–Crippen MR) is 126 cm³/mol. The molecule has 0 aliphatic carbocycles. The van der Waals surface area contributed by atoms with Crippen molar-refractivity contribution >= 4 is 33.4 Å². The van der Waals surface area contributed by atoms with Crippen molar-refractivity contribution in [3.63, 3.8) is 0 Å². The summed E-state index contributed by atoms with van der Waals surface area (Å²) in [4.78, 5) is 14.4. The first-order valence-corrected chi connectivity index (χ1v) is 12.6. The van der Waals surface area contributed by atoms with Crippen LogP contribution in [-0.2, 0) is 19.6 Å². The number of nitrogens with one attached hydrogen (secondary N) is 1. The maximum Gasteiger partial charge on any atom is 0.243 e. The number of sulfonamides is 1. The van der Waals surface area contributed by atoms with Crippen LogP contribution in [0.5, 0.6) is 0 Å². The third kappa shape index (κ3) is 5.39. The quantitative estimate of drug-likeness (QED) is 0.527. The SMILES string of the molecule is O=C(Nc1cccc(S(=O)(=O)N2CCOCC2)c1)[C@@H](Sc1ccccc1)c1ccccc1. The van der Waals surface area contributed by atoms with Crippen molar-refractivity contribution in [1.29, 1.82) is 0 Å². The van der Waals surface area contributed by atoms with Gasteiger partial charge in [-0.25, -0.2) is 8.42 Å². The largest absolute Gasteiger partial charge is 0.379 e. The third-order valence-electron chi connectivity index (χ3n) is 5.05. The first-order valence-electron chi connectivity index (χ1n) is 10.3. The maximum absolute atomic E-state index is 13.3. The van der Waals surface area contributed by atoms with Crippen molar-refractivity contribution in [1.82, 2.24) is 4.31 Å². The molecule has 1 fully saturated rings. The van der Waals surface area contributed by atoms with Gasteiger partial charge < -0.3 is 10.1 Å². The van der Waals surface area contributed by atoms with Gasteiger partial charge in [-0.2, -0.15) is 4.31 Å². The molecular formula is C24H24N2O4S2. The molecule has 4 rings (SSSR count). The van der Waals surface area contributed by atoms with Crippen LogP contribution in [-0.4, -0.2) is 44.9 Å². The van der Waals surface area contributed by atoms with E-state index in [1.807, 2.05) is 60.7 Å². The first-order chi connectivity index (χ1) is 15.5. The Morgan fingerprint density at radius 3 is 2.25 bits per heavy atom. The van der Waals surface area contributed by atoms with Gasteiger partial charge >= 0.3 is 0 Å². The van der Waals surface area contributed by atoms with Crippen LogP contribution < -0.4 is 5.32 Å². The van der Waals surface area contributed by atoms with E-state index in [9.17, 15) is 13.2 Å². The standard InChI is InChI=1S/C24H24N2O4S2/c27-24(23(19-8-3-1-4-9-19)31-21-11-5-2-6-12-21)25-20-10-7-13-22(18-20)32(28,29)26-14-16-30-17-15-26/h1-13,18,23H,14-17H2,(H,25,27)/t23-/m0/s1. The van der Waals surface area contributed by atoms with Crippen molar-refractivity contribution < 1.29 is 17.9 Å². The van der Waals surface area contributed by atoms with E-state index < -0.39 is 15.3 Å². The lowest BCUT2D eigenvalue weighted by atomic mass is 10.1. The van der Waals surface area contributed by atoms with E-state index in [2.05, 4.69) is 5.32 Å². The van der Waals surface area contributed by atoms with Gasteiger partial charge in [0, 0.05) is 23.7 Å². The Labute approximate surface area is 192 Å². The first kappa shape index (κ1) is 22.5. The van der Waals surface area contributed by atoms with E-state index in [-0.39, 0.29) is 10.8 Å². The Hall–Kier alpha value is -2.65. The summed E-state index contributed by atoms with van der Waals surface area (Å²) in [7, 11) is -3.64. The van der Waals surface area contributed by atoms with Crippen molar-refractivity contribution in [2.45, 2.75) is 15.0 Å². The number of morpholine rings is 1. The fourth-order valence-electron chi connectivity index (χ4n) is 3.41. The molecule has 166 valence electrons. The Morgan fingerprint density at radius 2 is 1.56 bits per heavy atom. The van der Waals surface area contributed by atoms with Gasteiger partial charge in [-0.1, -0.05) is 54.6 Å². The summed E-state index contributed by atoms with van der Waals surface area (Å²) in [6.07, 6.45) is 0. The van der Waals surface area contributed by atoms with Crippen LogP contribution in [0.25, 0.3) is 0 Å². The van der Waals surface area contributed by atoms with Crippen LogP contribution in [0.4, 0.5) is 5.69 Å². The van der Waals surface area contributed by atoms with Gasteiger partial charge in [0.1, 0.15) is 5.25 Å². The molecule has 32 heavy (non-hydrogen) atoms. The Kier molecular flexibility index (Phi) is 7.26. The van der Waals surface area contributed by atoms with Gasteiger partial charge in [0.05, 0.1) is 18.1 Å². The molecular weight excluding hydrogens is 444 g/mol. The molecule has 0 unspecified atom stereocenters. The zero-order valence-corrected chi connectivity index (χ0v) is 19.0. The second-order valence-electron chi connectivity index (χ2n) is 7.26. The number of carbonyl (C=O) groups excluding carboxylic acids is 1. The zero-order chi connectivity index (χ0) is 22.4. The number of amides is 1. The second-order valence-corrected chi connectivity index (χ2v) is 10.4. The molecule has 0 aromatic heterocycles. The third-order valence-corrected chi connectivity index (χ3v) is 8.21. The Bertz CT molecular complexity index is 1150. The highest BCUT2D eigenvalue weighted by molar-refractivity contribution is 8.00. The Balaban J connectivity index is 1.56. The fraction of sp³-hybridized carbons (Fsp3) is 0.208. The van der Waals surface area contributed by atoms with Crippen molar-refractivity contribution in [3.8, 4) is 0 Å². The number of carbonyl (C=O) groups is 1. The van der Waals surface area contributed by atoms with Crippen LogP contribution in [0.3, 0.4) is 0 Å². The fourth-order valence-corrected chi connectivity index (χ4v) is 5.91. The summed E-state index contributed by atoms with van der Waals surface area (Å²) in [5, 5.41) is 2.42. The molecule has 0 saturated carbocycles. The predicted octanol–water partition coefficient (Wildman–Crippen LogP) is 4.18. The minimum atomic E-state index is -3.64. The van der Waals surface area contributed by atoms with Gasteiger partial charge in [-0.15, -0.1) is 11.8 Å². The lowest BCUT2D eigenvalue weighted by Gasteiger charge is -2.26. The van der Waals surface area contributed by atoms with Crippen LogP contribution in [0.2, 0.25) is 0 Å². The van der Waals surface area contributed by atoms with Gasteiger partial charge in [0.15, 0.2) is 0 Å². The van der Waals surface area contributed by atoms with E-state index >= 15 is 0 Å².